The second kappa shape index (κ2) is 6.45. The van der Waals surface area contributed by atoms with Crippen LogP contribution in [0.25, 0.3) is 0 Å². The van der Waals surface area contributed by atoms with Crippen molar-refractivity contribution in [2.45, 2.75) is 58.7 Å². The van der Waals surface area contributed by atoms with Crippen LogP contribution >= 0.6 is 0 Å². The topological polar surface area (TPSA) is 28.2 Å². The van der Waals surface area contributed by atoms with Gasteiger partial charge in [-0.2, -0.15) is 0 Å². The van der Waals surface area contributed by atoms with E-state index < -0.39 is 0 Å². The van der Waals surface area contributed by atoms with Crippen LogP contribution in [0, 0.1) is 18.8 Å². The van der Waals surface area contributed by atoms with E-state index in [1.54, 1.807) is 0 Å². The quantitative estimate of drug-likeness (QED) is 0.902. The molecule has 1 aromatic rings. The minimum atomic E-state index is 0.667. The maximum Gasteiger partial charge on any atom is 0.0313 e. The monoisotopic (exact) mass is 287 g/mol. The molecule has 2 heterocycles. The first kappa shape index (κ1) is 15.0. The van der Waals surface area contributed by atoms with Gasteiger partial charge in [-0.3, -0.25) is 9.88 Å². The van der Waals surface area contributed by atoms with Gasteiger partial charge in [0.05, 0.1) is 0 Å². The summed E-state index contributed by atoms with van der Waals surface area (Å²) in [5.41, 5.74) is 2.63. The highest BCUT2D eigenvalue weighted by Gasteiger charge is 2.37. The van der Waals surface area contributed by atoms with Crippen molar-refractivity contribution in [3.8, 4) is 0 Å². The van der Waals surface area contributed by atoms with Crippen LogP contribution in [0.3, 0.4) is 0 Å². The van der Waals surface area contributed by atoms with Crippen LogP contribution in [-0.4, -0.2) is 35.1 Å². The molecule has 0 bridgehead atoms. The molecule has 116 valence electrons. The molecule has 2 fully saturated rings. The number of aromatic nitrogens is 1. The molecule has 0 radical (unpaired) electrons. The molecule has 21 heavy (non-hydrogen) atoms. The lowest BCUT2D eigenvalue weighted by molar-refractivity contribution is 0.0998. The van der Waals surface area contributed by atoms with Crippen LogP contribution in [0.5, 0.6) is 0 Å². The second-order valence-electron chi connectivity index (χ2n) is 7.44. The Morgan fingerprint density at radius 1 is 1.33 bits per heavy atom. The molecule has 1 N–H and O–H groups in total. The molecule has 3 rings (SSSR count). The highest BCUT2D eigenvalue weighted by Crippen LogP contribution is 2.35. The zero-order valence-electron chi connectivity index (χ0n) is 13.7. The third-order valence-corrected chi connectivity index (χ3v) is 4.82. The summed E-state index contributed by atoms with van der Waals surface area (Å²) in [5, 5.41) is 3.81. The summed E-state index contributed by atoms with van der Waals surface area (Å²) in [6.07, 6.45) is 8.11. The SMILES string of the molecule is Cc1cncc(CN2CC(C3CC3)NCC2CC(C)C)c1. The zero-order chi connectivity index (χ0) is 14.8. The molecular weight excluding hydrogens is 258 g/mol. The molecule has 1 aliphatic carbocycles. The van der Waals surface area contributed by atoms with E-state index in [9.17, 15) is 0 Å². The van der Waals surface area contributed by atoms with Gasteiger partial charge in [0.15, 0.2) is 0 Å². The summed E-state index contributed by atoms with van der Waals surface area (Å²) in [6, 6.07) is 3.67. The standard InChI is InChI=1S/C18H29N3/c1-13(2)6-17-10-20-18(16-4-5-16)12-21(17)11-15-7-14(3)8-19-9-15/h7-9,13,16-18,20H,4-6,10-12H2,1-3H3. The van der Waals surface area contributed by atoms with Crippen LogP contribution in [0.15, 0.2) is 18.5 Å². The summed E-state index contributed by atoms with van der Waals surface area (Å²) in [5.74, 6) is 1.69. The minimum absolute atomic E-state index is 0.667. The van der Waals surface area contributed by atoms with E-state index in [0.29, 0.717) is 12.1 Å². The van der Waals surface area contributed by atoms with Crippen LogP contribution < -0.4 is 5.32 Å². The Kier molecular flexibility index (Phi) is 4.60. The molecule has 1 saturated carbocycles. The number of piperazine rings is 1. The van der Waals surface area contributed by atoms with Crippen molar-refractivity contribution in [2.24, 2.45) is 11.8 Å². The van der Waals surface area contributed by atoms with Gasteiger partial charge >= 0.3 is 0 Å². The van der Waals surface area contributed by atoms with Crippen LogP contribution in [0.4, 0.5) is 0 Å². The average Bonchev–Trinajstić information content (AvgIpc) is 3.24. The fourth-order valence-corrected chi connectivity index (χ4v) is 3.61. The molecule has 2 atom stereocenters. The summed E-state index contributed by atoms with van der Waals surface area (Å²) < 4.78 is 0. The highest BCUT2D eigenvalue weighted by molar-refractivity contribution is 5.17. The first-order valence-corrected chi connectivity index (χ1v) is 8.50. The van der Waals surface area contributed by atoms with Gasteiger partial charge in [-0.15, -0.1) is 0 Å². The predicted octanol–water partition coefficient (Wildman–Crippen LogP) is 2.99. The van der Waals surface area contributed by atoms with Gasteiger partial charge in [0.25, 0.3) is 0 Å². The molecular formula is C18H29N3. The van der Waals surface area contributed by atoms with Gasteiger partial charge in [-0.05, 0) is 49.1 Å². The summed E-state index contributed by atoms with van der Waals surface area (Å²) in [7, 11) is 0. The summed E-state index contributed by atoms with van der Waals surface area (Å²) in [4.78, 5) is 7.06. The minimum Gasteiger partial charge on any atom is -0.311 e. The largest absolute Gasteiger partial charge is 0.311 e. The molecule has 1 aromatic heterocycles. The van der Waals surface area contributed by atoms with Gasteiger partial charge in [-0.1, -0.05) is 19.9 Å². The van der Waals surface area contributed by atoms with Crippen molar-refractivity contribution < 1.29 is 0 Å². The second-order valence-corrected chi connectivity index (χ2v) is 7.44. The van der Waals surface area contributed by atoms with E-state index in [1.807, 2.05) is 12.4 Å². The number of hydrogen-bond acceptors (Lipinski definition) is 3. The Morgan fingerprint density at radius 2 is 2.14 bits per heavy atom. The maximum atomic E-state index is 4.36. The zero-order valence-corrected chi connectivity index (χ0v) is 13.7. The smallest absolute Gasteiger partial charge is 0.0313 e. The Balaban J connectivity index is 1.69. The van der Waals surface area contributed by atoms with Crippen LogP contribution in [0.2, 0.25) is 0 Å². The number of hydrogen-bond donors (Lipinski definition) is 1. The molecule has 3 nitrogen and oxygen atoms in total. The van der Waals surface area contributed by atoms with Gasteiger partial charge in [0.2, 0.25) is 0 Å². The molecule has 2 unspecified atom stereocenters. The number of nitrogens with zero attached hydrogens (tertiary/aromatic N) is 2. The normalized spacial score (nSPS) is 27.2. The number of rotatable bonds is 5. The predicted molar refractivity (Wildman–Crippen MR) is 87.1 cm³/mol. The molecule has 0 amide bonds. The van der Waals surface area contributed by atoms with Crippen molar-refractivity contribution in [3.05, 3.63) is 29.6 Å². The van der Waals surface area contributed by atoms with Gasteiger partial charge in [-0.25, -0.2) is 0 Å². The summed E-state index contributed by atoms with van der Waals surface area (Å²) in [6.45, 7) is 10.2. The maximum absolute atomic E-state index is 4.36. The Labute approximate surface area is 129 Å². The van der Waals surface area contributed by atoms with E-state index in [-0.39, 0.29) is 0 Å². The van der Waals surface area contributed by atoms with E-state index in [4.69, 9.17) is 0 Å². The third kappa shape index (κ3) is 4.04. The molecule has 1 saturated heterocycles. The van der Waals surface area contributed by atoms with E-state index in [1.165, 1.54) is 36.9 Å². The highest BCUT2D eigenvalue weighted by atomic mass is 15.2. The first-order valence-electron chi connectivity index (χ1n) is 8.50. The third-order valence-electron chi connectivity index (χ3n) is 4.82. The van der Waals surface area contributed by atoms with E-state index in [0.717, 1.165) is 24.9 Å². The summed E-state index contributed by atoms with van der Waals surface area (Å²) >= 11 is 0. The number of nitrogens with one attached hydrogen (secondary N) is 1. The lowest BCUT2D eigenvalue weighted by Crippen LogP contribution is -2.57. The number of pyridine rings is 1. The van der Waals surface area contributed by atoms with Gasteiger partial charge in [0, 0.05) is 44.1 Å². The van der Waals surface area contributed by atoms with Crippen molar-refractivity contribution in [3.63, 3.8) is 0 Å². The van der Waals surface area contributed by atoms with Gasteiger partial charge < -0.3 is 5.32 Å². The fourth-order valence-electron chi connectivity index (χ4n) is 3.61. The number of aryl methyl sites for hydroxylation is 1. The fraction of sp³-hybridized carbons (Fsp3) is 0.722. The lowest BCUT2D eigenvalue weighted by Gasteiger charge is -2.41. The average molecular weight is 287 g/mol. The van der Waals surface area contributed by atoms with Crippen LogP contribution in [0.1, 0.15) is 44.2 Å². The van der Waals surface area contributed by atoms with E-state index >= 15 is 0 Å². The molecule has 2 aliphatic rings. The van der Waals surface area contributed by atoms with Crippen molar-refractivity contribution >= 4 is 0 Å². The molecule has 3 heteroatoms. The first-order chi connectivity index (χ1) is 10.1. The lowest BCUT2D eigenvalue weighted by atomic mass is 9.97. The Bertz CT molecular complexity index is 467. The van der Waals surface area contributed by atoms with Crippen molar-refractivity contribution in [2.75, 3.05) is 13.1 Å². The van der Waals surface area contributed by atoms with E-state index in [2.05, 4.69) is 42.0 Å². The van der Waals surface area contributed by atoms with Crippen LogP contribution in [-0.2, 0) is 6.54 Å². The Morgan fingerprint density at radius 3 is 2.81 bits per heavy atom. The van der Waals surface area contributed by atoms with Crippen molar-refractivity contribution in [1.29, 1.82) is 0 Å². The molecule has 1 aliphatic heterocycles. The molecule has 0 aromatic carbocycles. The molecule has 0 spiro atoms. The van der Waals surface area contributed by atoms with Gasteiger partial charge in [0.1, 0.15) is 0 Å². The Hall–Kier alpha value is -0.930. The van der Waals surface area contributed by atoms with Crippen molar-refractivity contribution in [1.82, 2.24) is 15.2 Å².